The van der Waals surface area contributed by atoms with Gasteiger partial charge >= 0.3 is 6.03 Å². The zero-order chi connectivity index (χ0) is 26.3. The van der Waals surface area contributed by atoms with Crippen molar-refractivity contribution in [2.45, 2.75) is 18.3 Å². The van der Waals surface area contributed by atoms with Crippen molar-refractivity contribution in [3.05, 3.63) is 52.0 Å². The van der Waals surface area contributed by atoms with Crippen molar-refractivity contribution in [1.29, 1.82) is 0 Å². The number of nitrogens with zero attached hydrogens (tertiary/aromatic N) is 5. The molecule has 2 aliphatic rings. The fourth-order valence-electron chi connectivity index (χ4n) is 4.12. The molecule has 5 rings (SSSR count). The number of urea groups is 1. The molecule has 12 nitrogen and oxygen atoms in total. The fraction of sp³-hybridized carbons (Fsp3) is 0.261. The summed E-state index contributed by atoms with van der Waals surface area (Å²) in [4.78, 5) is 34.9. The molecule has 1 fully saturated rings. The van der Waals surface area contributed by atoms with Crippen LogP contribution < -0.4 is 10.1 Å². The van der Waals surface area contributed by atoms with E-state index in [-0.39, 0.29) is 30.7 Å². The number of ether oxygens (including phenoxy) is 1. The van der Waals surface area contributed by atoms with Crippen molar-refractivity contribution in [3.8, 4) is 11.6 Å². The summed E-state index contributed by atoms with van der Waals surface area (Å²) in [7, 11) is 1.50. The Morgan fingerprint density at radius 3 is 2.73 bits per heavy atom. The molecule has 192 valence electrons. The summed E-state index contributed by atoms with van der Waals surface area (Å²) in [6, 6.07) is 10.5. The minimum Gasteiger partial charge on any atom is -0.493 e. The molecule has 37 heavy (non-hydrogen) atoms. The SMILES string of the molecule is CN1C(=O)NC(=O)C2C1N=C(N=Nc1c(O)[nH]c3ccc(Br)cc13)N2CC(O)COc1ccc(Cl)cc1. The number of aliphatic imine (C=N–C) groups is 1. The number of fused-ring (bicyclic) bond motifs is 2. The highest BCUT2D eigenvalue weighted by Gasteiger charge is 2.49. The highest BCUT2D eigenvalue weighted by atomic mass is 79.9. The summed E-state index contributed by atoms with van der Waals surface area (Å²) >= 11 is 9.29. The fourth-order valence-corrected chi connectivity index (χ4v) is 4.61. The molecule has 3 amide bonds. The molecule has 3 aromatic rings. The summed E-state index contributed by atoms with van der Waals surface area (Å²) in [5.74, 6) is -0.244. The number of β-amino-alcohol motifs (C(OH)–C–C–N with tert-alkyl or cyclic N) is 1. The number of aromatic nitrogens is 1. The van der Waals surface area contributed by atoms with Gasteiger partial charge < -0.3 is 29.7 Å². The van der Waals surface area contributed by atoms with Crippen molar-refractivity contribution >= 4 is 62.0 Å². The molecule has 1 aromatic heterocycles. The third-order valence-electron chi connectivity index (χ3n) is 5.96. The van der Waals surface area contributed by atoms with E-state index < -0.39 is 30.2 Å². The minimum absolute atomic E-state index is 0.0148. The van der Waals surface area contributed by atoms with Crippen molar-refractivity contribution < 1.29 is 24.5 Å². The third kappa shape index (κ3) is 4.97. The van der Waals surface area contributed by atoms with Gasteiger partial charge in [0.2, 0.25) is 11.8 Å². The minimum atomic E-state index is -1.05. The smallest absolute Gasteiger partial charge is 0.325 e. The number of H-pyrrole nitrogens is 1. The molecule has 0 bridgehead atoms. The molecule has 2 aromatic carbocycles. The number of hydrogen-bond donors (Lipinski definition) is 4. The lowest BCUT2D eigenvalue weighted by Crippen LogP contribution is -2.64. The highest BCUT2D eigenvalue weighted by Crippen LogP contribution is 2.37. The number of aliphatic hydroxyl groups excluding tert-OH is 1. The van der Waals surface area contributed by atoms with Crippen molar-refractivity contribution in [2.75, 3.05) is 20.2 Å². The van der Waals surface area contributed by atoms with E-state index >= 15 is 0 Å². The predicted molar refractivity (Wildman–Crippen MR) is 138 cm³/mol. The molecule has 2 aliphatic heterocycles. The Hall–Kier alpha value is -3.68. The van der Waals surface area contributed by atoms with Gasteiger partial charge in [-0.1, -0.05) is 27.5 Å². The topological polar surface area (TPSA) is 155 Å². The third-order valence-corrected chi connectivity index (χ3v) is 6.70. The number of amides is 3. The maximum absolute atomic E-state index is 12.8. The number of hydrogen-bond acceptors (Lipinski definition) is 9. The van der Waals surface area contributed by atoms with Crippen LogP contribution in [0.2, 0.25) is 5.02 Å². The van der Waals surface area contributed by atoms with E-state index in [0.29, 0.717) is 21.7 Å². The van der Waals surface area contributed by atoms with Gasteiger partial charge in [0.05, 0.1) is 12.1 Å². The largest absolute Gasteiger partial charge is 0.493 e. The Balaban J connectivity index is 1.41. The predicted octanol–water partition coefficient (Wildman–Crippen LogP) is 3.36. The number of imide groups is 1. The number of azo groups is 1. The first kappa shape index (κ1) is 25.0. The zero-order valence-corrected chi connectivity index (χ0v) is 21.6. The second-order valence-electron chi connectivity index (χ2n) is 8.48. The van der Waals surface area contributed by atoms with Gasteiger partial charge in [-0.15, -0.1) is 10.2 Å². The van der Waals surface area contributed by atoms with Crippen LogP contribution in [0.15, 0.2) is 62.2 Å². The molecular weight excluding hydrogens is 570 g/mol. The first-order valence-electron chi connectivity index (χ1n) is 11.1. The van der Waals surface area contributed by atoms with Crippen molar-refractivity contribution in [2.24, 2.45) is 15.2 Å². The van der Waals surface area contributed by atoms with Gasteiger partial charge in [-0.05, 0) is 42.5 Å². The number of aromatic amines is 1. The first-order chi connectivity index (χ1) is 17.7. The molecule has 0 saturated carbocycles. The number of rotatable bonds is 6. The molecular formula is C23H21BrClN7O5. The number of guanidine groups is 1. The van der Waals surface area contributed by atoms with Gasteiger partial charge in [-0.2, -0.15) is 0 Å². The lowest BCUT2D eigenvalue weighted by atomic mass is 10.1. The molecule has 0 radical (unpaired) electrons. The normalized spacial score (nSPS) is 20.4. The Morgan fingerprint density at radius 2 is 1.97 bits per heavy atom. The number of nitrogens with one attached hydrogen (secondary N) is 2. The van der Waals surface area contributed by atoms with Crippen LogP contribution in [0.1, 0.15) is 0 Å². The van der Waals surface area contributed by atoms with Gasteiger partial charge in [0.25, 0.3) is 5.91 Å². The number of aromatic hydroxyl groups is 1. The van der Waals surface area contributed by atoms with Gasteiger partial charge in [0, 0.05) is 21.9 Å². The number of carbonyl (C=O) groups excluding carboxylic acids is 2. The average molecular weight is 591 g/mol. The van der Waals surface area contributed by atoms with Gasteiger partial charge in [0.1, 0.15) is 18.5 Å². The van der Waals surface area contributed by atoms with Crippen LogP contribution in [0.5, 0.6) is 11.6 Å². The van der Waals surface area contributed by atoms with Gasteiger partial charge in [-0.3, -0.25) is 10.1 Å². The van der Waals surface area contributed by atoms with Crippen LogP contribution in [0.25, 0.3) is 10.9 Å². The monoisotopic (exact) mass is 589 g/mol. The Morgan fingerprint density at radius 1 is 1.22 bits per heavy atom. The first-order valence-corrected chi connectivity index (χ1v) is 12.3. The lowest BCUT2D eigenvalue weighted by Gasteiger charge is -2.36. The number of halogens is 2. The van der Waals surface area contributed by atoms with Gasteiger partial charge in [-0.25, -0.2) is 9.79 Å². The van der Waals surface area contributed by atoms with Crippen LogP contribution in [0, 0.1) is 0 Å². The van der Waals surface area contributed by atoms with E-state index in [1.807, 2.05) is 6.07 Å². The van der Waals surface area contributed by atoms with Crippen LogP contribution in [-0.4, -0.2) is 81.4 Å². The second-order valence-corrected chi connectivity index (χ2v) is 9.83. The van der Waals surface area contributed by atoms with Crippen LogP contribution in [0.4, 0.5) is 10.5 Å². The highest BCUT2D eigenvalue weighted by molar-refractivity contribution is 9.10. The van der Waals surface area contributed by atoms with Crippen LogP contribution >= 0.6 is 27.5 Å². The number of carbonyl (C=O) groups is 2. The van der Waals surface area contributed by atoms with Gasteiger partial charge in [0.15, 0.2) is 17.9 Å². The summed E-state index contributed by atoms with van der Waals surface area (Å²) in [5.41, 5.74) is 0.822. The molecule has 0 spiro atoms. The molecule has 3 heterocycles. The number of likely N-dealkylation sites (N-methyl/N-ethyl adjacent to an activating group) is 1. The molecule has 0 aliphatic carbocycles. The zero-order valence-electron chi connectivity index (χ0n) is 19.3. The number of aliphatic hydroxyl groups is 1. The Kier molecular flexibility index (Phi) is 6.75. The molecule has 3 unspecified atom stereocenters. The van der Waals surface area contributed by atoms with Crippen molar-refractivity contribution in [1.82, 2.24) is 20.1 Å². The van der Waals surface area contributed by atoms with Crippen LogP contribution in [-0.2, 0) is 4.79 Å². The lowest BCUT2D eigenvalue weighted by molar-refractivity contribution is -0.127. The quantitative estimate of drug-likeness (QED) is 0.323. The Labute approximate surface area is 223 Å². The standard InChI is InChI=1S/C23H21BrClN7O5/c1-31-19-18(21(35)28-23(31)36)32(9-13(33)10-37-14-5-3-12(25)4-6-14)22(27-19)30-29-17-15-8-11(24)2-7-16(15)26-20(17)34/h2-8,13,18-19,26,33-34H,9-10H2,1H3,(H,28,35,36). The van der Waals surface area contributed by atoms with E-state index in [0.717, 1.165) is 4.47 Å². The van der Waals surface area contributed by atoms with Crippen LogP contribution in [0.3, 0.4) is 0 Å². The summed E-state index contributed by atoms with van der Waals surface area (Å²) in [6.45, 7) is -0.179. The summed E-state index contributed by atoms with van der Waals surface area (Å²) in [6.07, 6.45) is -1.92. The van der Waals surface area contributed by atoms with E-state index in [4.69, 9.17) is 16.3 Å². The summed E-state index contributed by atoms with van der Waals surface area (Å²) < 4.78 is 6.41. The van der Waals surface area contributed by atoms with E-state index in [1.165, 1.54) is 16.8 Å². The van der Waals surface area contributed by atoms with E-state index in [1.54, 1.807) is 36.4 Å². The Bertz CT molecular complexity index is 1430. The molecule has 1 saturated heterocycles. The molecule has 14 heteroatoms. The second kappa shape index (κ2) is 10.00. The maximum Gasteiger partial charge on any atom is 0.325 e. The molecule has 3 atom stereocenters. The van der Waals surface area contributed by atoms with E-state index in [2.05, 4.69) is 41.5 Å². The van der Waals surface area contributed by atoms with Crippen molar-refractivity contribution in [3.63, 3.8) is 0 Å². The summed E-state index contributed by atoms with van der Waals surface area (Å²) in [5, 5.41) is 32.9. The molecule has 4 N–H and O–H groups in total. The number of benzene rings is 2. The van der Waals surface area contributed by atoms with E-state index in [9.17, 15) is 19.8 Å². The average Bonchev–Trinajstić information content (AvgIpc) is 3.37. The maximum atomic E-state index is 12.8.